The molecule has 0 amide bonds. The molecule has 2 heteroatoms. The third-order valence-corrected chi connectivity index (χ3v) is 4.65. The molecule has 1 aliphatic rings. The molecular formula is C15H20BrF. The molecule has 2 rings (SSSR count). The van der Waals surface area contributed by atoms with Gasteiger partial charge in [0.2, 0.25) is 0 Å². The molecule has 1 aliphatic carbocycles. The number of benzene rings is 1. The quantitative estimate of drug-likeness (QED) is 0.502. The molecule has 0 radical (unpaired) electrons. The Labute approximate surface area is 112 Å². The Morgan fingerprint density at radius 1 is 1.06 bits per heavy atom. The average Bonchev–Trinajstić information content (AvgIpc) is 2.58. The van der Waals surface area contributed by atoms with Crippen molar-refractivity contribution in [3.05, 3.63) is 35.6 Å². The summed E-state index contributed by atoms with van der Waals surface area (Å²) in [5.74, 6) is 0.690. The highest BCUT2D eigenvalue weighted by Gasteiger charge is 2.17. The molecule has 1 unspecified atom stereocenters. The summed E-state index contributed by atoms with van der Waals surface area (Å²) in [5.41, 5.74) is 1.20. The monoisotopic (exact) mass is 298 g/mol. The van der Waals surface area contributed by atoms with Crippen LogP contribution in [0.25, 0.3) is 0 Å². The molecule has 0 aromatic heterocycles. The van der Waals surface area contributed by atoms with Crippen molar-refractivity contribution in [2.24, 2.45) is 5.92 Å². The minimum atomic E-state index is -0.150. The summed E-state index contributed by atoms with van der Waals surface area (Å²) in [6, 6.07) is 6.89. The van der Waals surface area contributed by atoms with Crippen molar-refractivity contribution in [2.75, 3.05) is 0 Å². The predicted octanol–water partition coefficient (Wildman–Crippen LogP) is 5.62. The highest BCUT2D eigenvalue weighted by molar-refractivity contribution is 9.09. The van der Waals surface area contributed by atoms with Gasteiger partial charge in [-0.05, 0) is 30.0 Å². The Bertz CT molecular complexity index is 325. The molecule has 1 atom stereocenters. The van der Waals surface area contributed by atoms with Crippen LogP contribution >= 0.6 is 15.9 Å². The van der Waals surface area contributed by atoms with Gasteiger partial charge in [0.05, 0.1) is 0 Å². The molecule has 1 fully saturated rings. The lowest BCUT2D eigenvalue weighted by atomic mass is 9.93. The van der Waals surface area contributed by atoms with Gasteiger partial charge in [0.1, 0.15) is 5.82 Å². The van der Waals surface area contributed by atoms with Crippen LogP contribution in [0.5, 0.6) is 0 Å². The highest BCUT2D eigenvalue weighted by atomic mass is 79.9. The van der Waals surface area contributed by atoms with E-state index < -0.39 is 0 Å². The van der Waals surface area contributed by atoms with Gasteiger partial charge < -0.3 is 0 Å². The zero-order valence-electron chi connectivity index (χ0n) is 10.2. The first-order valence-electron chi connectivity index (χ1n) is 6.65. The lowest BCUT2D eigenvalue weighted by Gasteiger charge is -2.18. The number of hydrogen-bond acceptors (Lipinski definition) is 0. The first-order chi connectivity index (χ1) is 8.25. The molecule has 1 aromatic rings. The first kappa shape index (κ1) is 13.1. The fraction of sp³-hybridized carbons (Fsp3) is 0.600. The highest BCUT2D eigenvalue weighted by Crippen LogP contribution is 2.35. The van der Waals surface area contributed by atoms with E-state index in [1.165, 1.54) is 50.5 Å². The van der Waals surface area contributed by atoms with Crippen molar-refractivity contribution in [2.45, 2.75) is 49.8 Å². The first-order valence-corrected chi connectivity index (χ1v) is 7.57. The lowest BCUT2D eigenvalue weighted by Crippen LogP contribution is -2.03. The maximum Gasteiger partial charge on any atom is 0.123 e. The summed E-state index contributed by atoms with van der Waals surface area (Å²) in [6.45, 7) is 0. The van der Waals surface area contributed by atoms with Gasteiger partial charge in [-0.25, -0.2) is 4.39 Å². The Kier molecular flexibility index (Phi) is 5.02. The average molecular weight is 299 g/mol. The number of alkyl halides is 1. The molecule has 0 spiro atoms. The van der Waals surface area contributed by atoms with Crippen LogP contribution in [0.3, 0.4) is 0 Å². The molecule has 1 aromatic carbocycles. The van der Waals surface area contributed by atoms with E-state index in [2.05, 4.69) is 15.9 Å². The van der Waals surface area contributed by atoms with E-state index in [-0.39, 0.29) is 5.82 Å². The summed E-state index contributed by atoms with van der Waals surface area (Å²) in [6.07, 6.45) is 9.49. The molecule has 1 saturated carbocycles. The van der Waals surface area contributed by atoms with Crippen LogP contribution in [0.2, 0.25) is 0 Å². The standard InChI is InChI=1S/C15H20BrF/c16-15(13-7-9-14(17)10-8-13)11-12-5-3-1-2-4-6-12/h7-10,12,15H,1-6,11H2. The van der Waals surface area contributed by atoms with Crippen LogP contribution < -0.4 is 0 Å². The van der Waals surface area contributed by atoms with Crippen molar-refractivity contribution in [3.8, 4) is 0 Å². The minimum absolute atomic E-state index is 0.150. The Balaban J connectivity index is 1.91. The van der Waals surface area contributed by atoms with E-state index >= 15 is 0 Å². The van der Waals surface area contributed by atoms with Crippen molar-refractivity contribution in [1.82, 2.24) is 0 Å². The van der Waals surface area contributed by atoms with E-state index in [9.17, 15) is 4.39 Å². The summed E-state index contributed by atoms with van der Waals surface area (Å²) >= 11 is 3.75. The normalized spacial score (nSPS) is 19.9. The summed E-state index contributed by atoms with van der Waals surface area (Å²) in [4.78, 5) is 0.381. The number of halogens is 2. The summed E-state index contributed by atoms with van der Waals surface area (Å²) in [7, 11) is 0. The summed E-state index contributed by atoms with van der Waals surface area (Å²) in [5, 5.41) is 0. The van der Waals surface area contributed by atoms with Gasteiger partial charge >= 0.3 is 0 Å². The molecule has 94 valence electrons. The van der Waals surface area contributed by atoms with Crippen molar-refractivity contribution >= 4 is 15.9 Å². The van der Waals surface area contributed by atoms with Crippen LogP contribution in [0.1, 0.15) is 55.3 Å². The van der Waals surface area contributed by atoms with Gasteiger partial charge in [0.25, 0.3) is 0 Å². The Morgan fingerprint density at radius 2 is 1.65 bits per heavy atom. The number of rotatable bonds is 3. The molecule has 0 N–H and O–H groups in total. The maximum absolute atomic E-state index is 12.8. The molecule has 0 bridgehead atoms. The van der Waals surface area contributed by atoms with E-state index in [0.29, 0.717) is 4.83 Å². The molecule has 0 heterocycles. The van der Waals surface area contributed by atoms with Crippen LogP contribution in [0.4, 0.5) is 4.39 Å². The van der Waals surface area contributed by atoms with Crippen LogP contribution in [0.15, 0.2) is 24.3 Å². The zero-order valence-corrected chi connectivity index (χ0v) is 11.8. The van der Waals surface area contributed by atoms with Crippen LogP contribution in [0, 0.1) is 11.7 Å². The lowest BCUT2D eigenvalue weighted by molar-refractivity contribution is 0.427. The van der Waals surface area contributed by atoms with E-state index in [0.717, 1.165) is 5.92 Å². The zero-order chi connectivity index (χ0) is 12.1. The molecular weight excluding hydrogens is 279 g/mol. The summed E-state index contributed by atoms with van der Waals surface area (Å²) < 4.78 is 12.8. The van der Waals surface area contributed by atoms with Crippen molar-refractivity contribution in [3.63, 3.8) is 0 Å². The van der Waals surface area contributed by atoms with Gasteiger partial charge in [-0.15, -0.1) is 0 Å². The topological polar surface area (TPSA) is 0 Å². The predicted molar refractivity (Wildman–Crippen MR) is 73.9 cm³/mol. The van der Waals surface area contributed by atoms with Gasteiger partial charge in [-0.3, -0.25) is 0 Å². The van der Waals surface area contributed by atoms with Gasteiger partial charge in [-0.2, -0.15) is 0 Å². The largest absolute Gasteiger partial charge is 0.207 e. The molecule has 0 aliphatic heterocycles. The fourth-order valence-corrected chi connectivity index (χ4v) is 3.53. The fourth-order valence-electron chi connectivity index (χ4n) is 2.70. The van der Waals surface area contributed by atoms with Crippen molar-refractivity contribution < 1.29 is 4.39 Å². The van der Waals surface area contributed by atoms with E-state index in [1.54, 1.807) is 12.1 Å². The second-order valence-corrected chi connectivity index (χ2v) is 6.22. The SMILES string of the molecule is Fc1ccc(C(Br)CC2CCCCCC2)cc1. The van der Waals surface area contributed by atoms with Gasteiger partial charge in [0.15, 0.2) is 0 Å². The molecule has 0 saturated heterocycles. The number of hydrogen-bond donors (Lipinski definition) is 0. The molecule has 17 heavy (non-hydrogen) atoms. The second kappa shape index (κ2) is 6.53. The van der Waals surface area contributed by atoms with Gasteiger partial charge in [-0.1, -0.05) is 66.6 Å². The van der Waals surface area contributed by atoms with Crippen LogP contribution in [-0.4, -0.2) is 0 Å². The minimum Gasteiger partial charge on any atom is -0.207 e. The Hall–Kier alpha value is -0.370. The van der Waals surface area contributed by atoms with E-state index in [4.69, 9.17) is 0 Å². The second-order valence-electron chi connectivity index (χ2n) is 5.11. The van der Waals surface area contributed by atoms with E-state index in [1.807, 2.05) is 12.1 Å². The smallest absolute Gasteiger partial charge is 0.123 e. The van der Waals surface area contributed by atoms with Crippen molar-refractivity contribution in [1.29, 1.82) is 0 Å². The van der Waals surface area contributed by atoms with Gasteiger partial charge in [0, 0.05) is 4.83 Å². The third-order valence-electron chi connectivity index (χ3n) is 3.75. The molecule has 0 nitrogen and oxygen atoms in total. The maximum atomic E-state index is 12.8. The third kappa shape index (κ3) is 4.09. The van der Waals surface area contributed by atoms with Crippen LogP contribution in [-0.2, 0) is 0 Å². The Morgan fingerprint density at radius 3 is 2.24 bits per heavy atom.